The van der Waals surface area contributed by atoms with E-state index >= 15 is 0 Å². The highest BCUT2D eigenvalue weighted by molar-refractivity contribution is 5.01. The van der Waals surface area contributed by atoms with Crippen LogP contribution in [0.2, 0.25) is 0 Å². The summed E-state index contributed by atoms with van der Waals surface area (Å²) in [4.78, 5) is 0. The van der Waals surface area contributed by atoms with Gasteiger partial charge in [0.15, 0.2) is 0 Å². The van der Waals surface area contributed by atoms with Gasteiger partial charge in [-0.25, -0.2) is 0 Å². The predicted octanol–water partition coefficient (Wildman–Crippen LogP) is 5.38. The third kappa shape index (κ3) is 1.78. The van der Waals surface area contributed by atoms with Gasteiger partial charge in [-0.1, -0.05) is 53.4 Å². The van der Waals surface area contributed by atoms with Crippen LogP contribution in [0.15, 0.2) is 0 Å². The van der Waals surface area contributed by atoms with Crippen LogP contribution in [-0.4, -0.2) is 0 Å². The standard InChI is InChI=1S/C18H32/c1-5-15-11(2)12(3)18-13(4)16-9-7-6-8-14(16)10-17(15)18/h11-18H,5-10H2,1-4H3. The molecule has 3 rings (SSSR count). The van der Waals surface area contributed by atoms with E-state index in [0.717, 1.165) is 47.3 Å². The fourth-order valence-electron chi connectivity index (χ4n) is 6.54. The van der Waals surface area contributed by atoms with Gasteiger partial charge in [0.25, 0.3) is 0 Å². The van der Waals surface area contributed by atoms with Crippen molar-refractivity contribution in [3.05, 3.63) is 0 Å². The molecule has 18 heavy (non-hydrogen) atoms. The first-order valence-electron chi connectivity index (χ1n) is 8.65. The van der Waals surface area contributed by atoms with Gasteiger partial charge in [-0.2, -0.15) is 0 Å². The summed E-state index contributed by atoms with van der Waals surface area (Å²) in [6.07, 6.45) is 9.16. The van der Waals surface area contributed by atoms with E-state index in [-0.39, 0.29) is 0 Å². The summed E-state index contributed by atoms with van der Waals surface area (Å²) in [7, 11) is 0. The molecule has 0 heterocycles. The lowest BCUT2D eigenvalue weighted by atomic mass is 9.57. The van der Waals surface area contributed by atoms with Gasteiger partial charge in [0.2, 0.25) is 0 Å². The SMILES string of the molecule is CCC1C(C)C(C)C2C(C)C3CCCCC3CC12. The Labute approximate surface area is 114 Å². The number of hydrogen-bond acceptors (Lipinski definition) is 0. The van der Waals surface area contributed by atoms with E-state index in [0.29, 0.717) is 0 Å². The molecule has 0 aromatic carbocycles. The van der Waals surface area contributed by atoms with Gasteiger partial charge in [-0.05, 0) is 60.2 Å². The molecule has 3 aliphatic carbocycles. The second-order valence-electron chi connectivity index (χ2n) is 7.83. The van der Waals surface area contributed by atoms with E-state index < -0.39 is 0 Å². The van der Waals surface area contributed by atoms with E-state index in [4.69, 9.17) is 0 Å². The van der Waals surface area contributed by atoms with Gasteiger partial charge in [-0.3, -0.25) is 0 Å². The first kappa shape index (κ1) is 13.0. The normalized spacial score (nSPS) is 56.0. The first-order chi connectivity index (χ1) is 8.65. The molecule has 0 nitrogen and oxygen atoms in total. The summed E-state index contributed by atoms with van der Waals surface area (Å²) < 4.78 is 0. The Morgan fingerprint density at radius 1 is 0.833 bits per heavy atom. The van der Waals surface area contributed by atoms with Crippen LogP contribution in [0.1, 0.15) is 66.2 Å². The minimum atomic E-state index is 0.979. The predicted molar refractivity (Wildman–Crippen MR) is 78.3 cm³/mol. The number of hydrogen-bond donors (Lipinski definition) is 0. The van der Waals surface area contributed by atoms with Gasteiger partial charge in [0, 0.05) is 0 Å². The van der Waals surface area contributed by atoms with Crippen LogP contribution in [0.5, 0.6) is 0 Å². The zero-order valence-electron chi connectivity index (χ0n) is 12.9. The molecule has 0 N–H and O–H groups in total. The highest BCUT2D eigenvalue weighted by Gasteiger charge is 2.53. The monoisotopic (exact) mass is 248 g/mol. The van der Waals surface area contributed by atoms with Crippen molar-refractivity contribution in [1.82, 2.24) is 0 Å². The Balaban J connectivity index is 1.86. The maximum atomic E-state index is 2.61. The molecular formula is C18H32. The molecule has 0 aromatic heterocycles. The van der Waals surface area contributed by atoms with Crippen LogP contribution >= 0.6 is 0 Å². The Morgan fingerprint density at radius 3 is 2.28 bits per heavy atom. The fraction of sp³-hybridized carbons (Fsp3) is 1.00. The lowest BCUT2D eigenvalue weighted by molar-refractivity contribution is 0.00944. The molecule has 0 aromatic rings. The van der Waals surface area contributed by atoms with Crippen LogP contribution in [0.4, 0.5) is 0 Å². The van der Waals surface area contributed by atoms with Gasteiger partial charge >= 0.3 is 0 Å². The average molecular weight is 248 g/mol. The van der Waals surface area contributed by atoms with E-state index in [2.05, 4.69) is 27.7 Å². The van der Waals surface area contributed by atoms with Gasteiger partial charge < -0.3 is 0 Å². The molecule has 0 bridgehead atoms. The molecule has 0 radical (unpaired) electrons. The molecular weight excluding hydrogens is 216 g/mol. The largest absolute Gasteiger partial charge is 0.0651 e. The van der Waals surface area contributed by atoms with E-state index in [1.165, 1.54) is 19.3 Å². The lowest BCUT2D eigenvalue weighted by Gasteiger charge is -2.48. The molecule has 0 heteroatoms. The molecule has 8 atom stereocenters. The Morgan fingerprint density at radius 2 is 1.56 bits per heavy atom. The van der Waals surface area contributed by atoms with E-state index in [1.807, 2.05) is 0 Å². The third-order valence-corrected chi connectivity index (χ3v) is 7.45. The topological polar surface area (TPSA) is 0 Å². The molecule has 0 amide bonds. The maximum Gasteiger partial charge on any atom is -0.0326 e. The van der Waals surface area contributed by atoms with Crippen molar-refractivity contribution in [3.63, 3.8) is 0 Å². The third-order valence-electron chi connectivity index (χ3n) is 7.45. The summed E-state index contributed by atoms with van der Waals surface area (Å²) in [6.45, 7) is 10.2. The summed E-state index contributed by atoms with van der Waals surface area (Å²) in [5.41, 5.74) is 0. The smallest absolute Gasteiger partial charge is 0.0326 e. The highest BCUT2D eigenvalue weighted by Crippen LogP contribution is 2.60. The quantitative estimate of drug-likeness (QED) is 0.584. The molecule has 8 unspecified atom stereocenters. The number of fused-ring (bicyclic) bond motifs is 2. The van der Waals surface area contributed by atoms with Crippen molar-refractivity contribution in [2.24, 2.45) is 47.3 Å². The lowest BCUT2D eigenvalue weighted by Crippen LogP contribution is -2.41. The van der Waals surface area contributed by atoms with Crippen LogP contribution in [0.3, 0.4) is 0 Å². The van der Waals surface area contributed by atoms with Gasteiger partial charge in [-0.15, -0.1) is 0 Å². The fourth-order valence-corrected chi connectivity index (χ4v) is 6.54. The molecule has 0 saturated heterocycles. The van der Waals surface area contributed by atoms with Crippen molar-refractivity contribution in [2.75, 3.05) is 0 Å². The Kier molecular flexibility index (Phi) is 3.49. The summed E-state index contributed by atoms with van der Waals surface area (Å²) in [5, 5.41) is 0. The van der Waals surface area contributed by atoms with Crippen molar-refractivity contribution < 1.29 is 0 Å². The maximum absolute atomic E-state index is 2.61. The van der Waals surface area contributed by atoms with E-state index in [1.54, 1.807) is 19.3 Å². The second-order valence-corrected chi connectivity index (χ2v) is 7.83. The second kappa shape index (κ2) is 4.84. The van der Waals surface area contributed by atoms with Crippen molar-refractivity contribution in [1.29, 1.82) is 0 Å². The van der Waals surface area contributed by atoms with Gasteiger partial charge in [0.05, 0.1) is 0 Å². The van der Waals surface area contributed by atoms with Crippen LogP contribution in [-0.2, 0) is 0 Å². The van der Waals surface area contributed by atoms with Gasteiger partial charge in [0.1, 0.15) is 0 Å². The molecule has 3 aliphatic rings. The molecule has 104 valence electrons. The van der Waals surface area contributed by atoms with E-state index in [9.17, 15) is 0 Å². The zero-order chi connectivity index (χ0) is 12.9. The highest BCUT2D eigenvalue weighted by atomic mass is 14.6. The Bertz CT molecular complexity index is 294. The molecule has 0 spiro atoms. The molecule has 3 fully saturated rings. The molecule has 3 saturated carbocycles. The van der Waals surface area contributed by atoms with Crippen molar-refractivity contribution >= 4 is 0 Å². The first-order valence-corrected chi connectivity index (χ1v) is 8.65. The number of rotatable bonds is 1. The van der Waals surface area contributed by atoms with Crippen molar-refractivity contribution in [2.45, 2.75) is 66.2 Å². The average Bonchev–Trinajstić information content (AvgIpc) is 2.62. The summed E-state index contributed by atoms with van der Waals surface area (Å²) in [5.74, 6) is 8.34. The molecule has 0 aliphatic heterocycles. The van der Waals surface area contributed by atoms with Crippen molar-refractivity contribution in [3.8, 4) is 0 Å². The minimum Gasteiger partial charge on any atom is -0.0651 e. The summed E-state index contributed by atoms with van der Waals surface area (Å²) >= 11 is 0. The van der Waals surface area contributed by atoms with Crippen LogP contribution in [0, 0.1) is 47.3 Å². The van der Waals surface area contributed by atoms with Crippen LogP contribution in [0.25, 0.3) is 0 Å². The van der Waals surface area contributed by atoms with Crippen LogP contribution < -0.4 is 0 Å². The minimum absolute atomic E-state index is 0.979. The summed E-state index contributed by atoms with van der Waals surface area (Å²) in [6, 6.07) is 0. The zero-order valence-corrected chi connectivity index (χ0v) is 12.9. The Hall–Kier alpha value is 0.